The molecule has 184 valence electrons. The van der Waals surface area contributed by atoms with Gasteiger partial charge in [0, 0.05) is 40.4 Å². The number of Topliss-reactive ketones (excluding diaryl/α,β-unsaturated/α-hetero) is 1. The number of hydrogen-bond donors (Lipinski definition) is 2. The number of benzene rings is 3. The Labute approximate surface area is 211 Å². The molecule has 0 unspecified atom stereocenters. The molecule has 0 amide bonds. The minimum absolute atomic E-state index is 0.0490. The number of nitrogens with one attached hydrogen (secondary N) is 2. The number of methoxy groups -OCH3 is 2. The van der Waals surface area contributed by atoms with Crippen molar-refractivity contribution in [1.82, 2.24) is 0 Å². The molecular formula is C30H30N2O4. The quantitative estimate of drug-likeness (QED) is 0.425. The summed E-state index contributed by atoms with van der Waals surface area (Å²) in [7, 11) is 3.23. The topological polar surface area (TPSA) is 76.7 Å². The molecule has 36 heavy (non-hydrogen) atoms. The maximum absolute atomic E-state index is 13.6. The third kappa shape index (κ3) is 4.35. The first-order valence-electron chi connectivity index (χ1n) is 12.0. The van der Waals surface area contributed by atoms with Crippen LogP contribution in [0, 0.1) is 5.41 Å². The van der Waals surface area contributed by atoms with Gasteiger partial charge in [0.15, 0.2) is 11.6 Å². The molecule has 2 aliphatic rings. The van der Waals surface area contributed by atoms with Crippen molar-refractivity contribution in [1.29, 1.82) is 0 Å². The van der Waals surface area contributed by atoms with E-state index in [9.17, 15) is 9.59 Å². The fourth-order valence-electron chi connectivity index (χ4n) is 5.13. The lowest BCUT2D eigenvalue weighted by Gasteiger charge is -2.34. The zero-order valence-electron chi connectivity index (χ0n) is 21.0. The standard InChI is InChI=1S/C30H30N2O4/c1-30(2)16-24-27(25(33)17-30)28(21-12-11-20(35-3)15-26(21)36-4)32-22-13-10-19(14-23(22)31-24)29(34)18-8-6-5-7-9-18/h5-15,28,31-32H,16-17H2,1-4H3/t28-/m0/s1. The molecule has 0 aromatic heterocycles. The number of rotatable bonds is 5. The highest BCUT2D eigenvalue weighted by Crippen LogP contribution is 2.47. The lowest BCUT2D eigenvalue weighted by molar-refractivity contribution is -0.118. The van der Waals surface area contributed by atoms with Crippen molar-refractivity contribution in [2.24, 2.45) is 5.41 Å². The molecule has 2 N–H and O–H groups in total. The van der Waals surface area contributed by atoms with Gasteiger partial charge in [-0.3, -0.25) is 9.59 Å². The summed E-state index contributed by atoms with van der Waals surface area (Å²) in [4.78, 5) is 26.7. The van der Waals surface area contributed by atoms with Gasteiger partial charge in [-0.1, -0.05) is 44.2 Å². The third-order valence-electron chi connectivity index (χ3n) is 6.86. The number of hydrogen-bond acceptors (Lipinski definition) is 6. The fourth-order valence-corrected chi connectivity index (χ4v) is 5.13. The van der Waals surface area contributed by atoms with Crippen molar-refractivity contribution >= 4 is 22.9 Å². The lowest BCUT2D eigenvalue weighted by Crippen LogP contribution is -2.31. The fraction of sp³-hybridized carbons (Fsp3) is 0.267. The van der Waals surface area contributed by atoms with E-state index in [1.807, 2.05) is 66.7 Å². The van der Waals surface area contributed by atoms with Crippen LogP contribution in [0.25, 0.3) is 0 Å². The number of anilines is 2. The van der Waals surface area contributed by atoms with Gasteiger partial charge in [-0.05, 0) is 42.2 Å². The second-order valence-electron chi connectivity index (χ2n) is 10.1. The van der Waals surface area contributed by atoms with Crippen LogP contribution in [0.4, 0.5) is 11.4 Å². The number of ketones is 2. The first-order valence-corrected chi connectivity index (χ1v) is 12.0. The Hall–Kier alpha value is -4.06. The van der Waals surface area contributed by atoms with E-state index in [2.05, 4.69) is 24.5 Å². The van der Waals surface area contributed by atoms with E-state index in [0.717, 1.165) is 22.6 Å². The summed E-state index contributed by atoms with van der Waals surface area (Å²) in [5.74, 6) is 1.36. The molecule has 0 saturated carbocycles. The van der Waals surface area contributed by atoms with Crippen LogP contribution >= 0.6 is 0 Å². The zero-order valence-corrected chi connectivity index (χ0v) is 21.0. The molecule has 1 aliphatic carbocycles. The molecule has 0 fully saturated rings. The number of carbonyl (C=O) groups is 2. The first-order chi connectivity index (χ1) is 17.3. The Morgan fingerprint density at radius 1 is 0.889 bits per heavy atom. The molecule has 3 aromatic rings. The minimum atomic E-state index is -0.422. The highest BCUT2D eigenvalue weighted by Gasteiger charge is 2.39. The summed E-state index contributed by atoms with van der Waals surface area (Å²) in [6.45, 7) is 4.21. The van der Waals surface area contributed by atoms with Crippen LogP contribution in [0.5, 0.6) is 11.5 Å². The lowest BCUT2D eigenvalue weighted by atomic mass is 9.73. The van der Waals surface area contributed by atoms with E-state index in [-0.39, 0.29) is 17.0 Å². The van der Waals surface area contributed by atoms with Crippen molar-refractivity contribution in [2.45, 2.75) is 32.7 Å². The first kappa shape index (κ1) is 23.7. The van der Waals surface area contributed by atoms with Gasteiger partial charge in [-0.2, -0.15) is 0 Å². The molecule has 5 rings (SSSR count). The molecule has 3 aromatic carbocycles. The van der Waals surface area contributed by atoms with Gasteiger partial charge < -0.3 is 20.1 Å². The van der Waals surface area contributed by atoms with Crippen LogP contribution in [-0.4, -0.2) is 25.8 Å². The molecule has 1 atom stereocenters. The Morgan fingerprint density at radius 3 is 2.39 bits per heavy atom. The molecule has 6 nitrogen and oxygen atoms in total. The van der Waals surface area contributed by atoms with Crippen LogP contribution in [0.1, 0.15) is 54.2 Å². The zero-order chi connectivity index (χ0) is 25.4. The molecule has 0 saturated heterocycles. The highest BCUT2D eigenvalue weighted by molar-refractivity contribution is 6.10. The summed E-state index contributed by atoms with van der Waals surface area (Å²) in [6, 6.07) is 20.0. The Balaban J connectivity index is 1.63. The van der Waals surface area contributed by atoms with Crippen LogP contribution in [0.3, 0.4) is 0 Å². The molecule has 0 bridgehead atoms. The van der Waals surface area contributed by atoms with Gasteiger partial charge in [0.05, 0.1) is 31.6 Å². The Morgan fingerprint density at radius 2 is 1.67 bits per heavy atom. The van der Waals surface area contributed by atoms with Crippen LogP contribution in [0.2, 0.25) is 0 Å². The maximum atomic E-state index is 13.6. The van der Waals surface area contributed by atoms with Crippen molar-refractivity contribution in [3.63, 3.8) is 0 Å². The van der Waals surface area contributed by atoms with E-state index >= 15 is 0 Å². The van der Waals surface area contributed by atoms with Gasteiger partial charge in [-0.25, -0.2) is 0 Å². The van der Waals surface area contributed by atoms with Crippen molar-refractivity contribution in [3.8, 4) is 11.5 Å². The predicted octanol–water partition coefficient (Wildman–Crippen LogP) is 6.16. The second kappa shape index (κ2) is 9.19. The second-order valence-corrected chi connectivity index (χ2v) is 10.1. The van der Waals surface area contributed by atoms with Gasteiger partial charge in [-0.15, -0.1) is 0 Å². The Bertz CT molecular complexity index is 1370. The average Bonchev–Trinajstić information content (AvgIpc) is 3.03. The van der Waals surface area contributed by atoms with E-state index < -0.39 is 6.04 Å². The molecule has 0 radical (unpaired) electrons. The number of carbonyl (C=O) groups excluding carboxylic acids is 2. The third-order valence-corrected chi connectivity index (χ3v) is 6.86. The Kier molecular flexibility index (Phi) is 6.04. The van der Waals surface area contributed by atoms with Gasteiger partial charge in [0.1, 0.15) is 11.5 Å². The summed E-state index contributed by atoms with van der Waals surface area (Å²) in [6.07, 6.45) is 1.17. The largest absolute Gasteiger partial charge is 0.497 e. The SMILES string of the molecule is COc1ccc([C@@H]2Nc3ccc(C(=O)c4ccccc4)cc3NC3=C2C(=O)CC(C)(C)C3)c(OC)c1. The van der Waals surface area contributed by atoms with Gasteiger partial charge in [0.25, 0.3) is 0 Å². The number of allylic oxidation sites excluding steroid dienone is 1. The van der Waals surface area contributed by atoms with E-state index in [0.29, 0.717) is 41.0 Å². The molecule has 1 heterocycles. The van der Waals surface area contributed by atoms with E-state index in [1.165, 1.54) is 0 Å². The van der Waals surface area contributed by atoms with Gasteiger partial charge in [0.2, 0.25) is 0 Å². The summed E-state index contributed by atoms with van der Waals surface area (Å²) < 4.78 is 11.1. The molecular weight excluding hydrogens is 452 g/mol. The summed E-state index contributed by atoms with van der Waals surface area (Å²) in [5.41, 5.74) is 5.02. The van der Waals surface area contributed by atoms with Crippen molar-refractivity contribution in [3.05, 3.63) is 94.7 Å². The van der Waals surface area contributed by atoms with Crippen LogP contribution in [-0.2, 0) is 4.79 Å². The predicted molar refractivity (Wildman–Crippen MR) is 141 cm³/mol. The van der Waals surface area contributed by atoms with Crippen molar-refractivity contribution in [2.75, 3.05) is 24.9 Å². The molecule has 1 aliphatic heterocycles. The number of ether oxygens (including phenoxy) is 2. The van der Waals surface area contributed by atoms with Crippen LogP contribution < -0.4 is 20.1 Å². The summed E-state index contributed by atoms with van der Waals surface area (Å²) >= 11 is 0. The maximum Gasteiger partial charge on any atom is 0.193 e. The summed E-state index contributed by atoms with van der Waals surface area (Å²) in [5, 5.41) is 7.11. The minimum Gasteiger partial charge on any atom is -0.497 e. The van der Waals surface area contributed by atoms with E-state index in [4.69, 9.17) is 9.47 Å². The monoisotopic (exact) mass is 482 g/mol. The normalized spacial score (nSPS) is 18.2. The molecule has 0 spiro atoms. The van der Waals surface area contributed by atoms with Crippen molar-refractivity contribution < 1.29 is 19.1 Å². The number of fused-ring (bicyclic) bond motifs is 1. The van der Waals surface area contributed by atoms with Gasteiger partial charge >= 0.3 is 0 Å². The van der Waals surface area contributed by atoms with Crippen LogP contribution in [0.15, 0.2) is 78.0 Å². The average molecular weight is 483 g/mol. The van der Waals surface area contributed by atoms with E-state index in [1.54, 1.807) is 14.2 Å². The highest BCUT2D eigenvalue weighted by atomic mass is 16.5. The smallest absolute Gasteiger partial charge is 0.193 e. The molecule has 6 heteroatoms.